The molecule has 1 aromatic heterocycles. The summed E-state index contributed by atoms with van der Waals surface area (Å²) in [7, 11) is -4.02. The van der Waals surface area contributed by atoms with E-state index in [0.29, 0.717) is 5.69 Å². The summed E-state index contributed by atoms with van der Waals surface area (Å²) in [6.07, 6.45) is 0. The minimum Gasteiger partial charge on any atom is -0.411 e. The SMILES string of the molecule is Cc1ccc(C)c(NC(=O)CS(=O)(=O)c2nnc(C(C)N)o2)c1. The smallest absolute Gasteiger partial charge is 0.336 e. The summed E-state index contributed by atoms with van der Waals surface area (Å²) < 4.78 is 29.2. The molecule has 1 unspecified atom stereocenters. The quantitative estimate of drug-likeness (QED) is 0.835. The average molecular weight is 338 g/mol. The van der Waals surface area contributed by atoms with Crippen molar-refractivity contribution in [3.8, 4) is 0 Å². The van der Waals surface area contributed by atoms with Gasteiger partial charge in [0.15, 0.2) is 0 Å². The van der Waals surface area contributed by atoms with Crippen LogP contribution >= 0.6 is 0 Å². The van der Waals surface area contributed by atoms with Gasteiger partial charge in [-0.15, -0.1) is 5.10 Å². The van der Waals surface area contributed by atoms with E-state index in [-0.39, 0.29) is 5.89 Å². The highest BCUT2D eigenvalue weighted by molar-refractivity contribution is 7.91. The number of nitrogens with one attached hydrogen (secondary N) is 1. The largest absolute Gasteiger partial charge is 0.411 e. The number of hydrogen-bond acceptors (Lipinski definition) is 7. The maximum absolute atomic E-state index is 12.1. The molecule has 0 radical (unpaired) electrons. The van der Waals surface area contributed by atoms with Crippen LogP contribution < -0.4 is 11.1 Å². The third-order valence-corrected chi connectivity index (χ3v) is 4.41. The Morgan fingerprint density at radius 1 is 1.35 bits per heavy atom. The molecule has 1 amide bonds. The number of benzene rings is 1. The number of sulfone groups is 1. The lowest BCUT2D eigenvalue weighted by molar-refractivity contribution is -0.113. The van der Waals surface area contributed by atoms with E-state index in [1.165, 1.54) is 0 Å². The number of hydrogen-bond donors (Lipinski definition) is 2. The first-order valence-electron chi connectivity index (χ1n) is 6.88. The molecule has 0 fully saturated rings. The van der Waals surface area contributed by atoms with E-state index in [0.717, 1.165) is 11.1 Å². The van der Waals surface area contributed by atoms with Crippen LogP contribution in [0.15, 0.2) is 27.8 Å². The van der Waals surface area contributed by atoms with Gasteiger partial charge < -0.3 is 15.5 Å². The third kappa shape index (κ3) is 4.14. The van der Waals surface area contributed by atoms with Gasteiger partial charge in [-0.3, -0.25) is 4.79 Å². The molecule has 8 nitrogen and oxygen atoms in total. The summed E-state index contributed by atoms with van der Waals surface area (Å²) in [5, 5.41) is 8.95. The fourth-order valence-electron chi connectivity index (χ4n) is 1.82. The lowest BCUT2D eigenvalue weighted by atomic mass is 10.1. The van der Waals surface area contributed by atoms with E-state index < -0.39 is 32.8 Å². The normalized spacial score (nSPS) is 12.9. The van der Waals surface area contributed by atoms with Crippen LogP contribution in [-0.4, -0.2) is 30.3 Å². The third-order valence-electron chi connectivity index (χ3n) is 3.07. The monoisotopic (exact) mass is 338 g/mol. The van der Waals surface area contributed by atoms with Gasteiger partial charge >= 0.3 is 5.22 Å². The van der Waals surface area contributed by atoms with Crippen molar-refractivity contribution in [2.24, 2.45) is 5.73 Å². The van der Waals surface area contributed by atoms with Gasteiger partial charge in [-0.2, -0.15) is 0 Å². The number of aromatic nitrogens is 2. The summed E-state index contributed by atoms with van der Waals surface area (Å²) in [4.78, 5) is 12.0. The number of carbonyl (C=O) groups is 1. The summed E-state index contributed by atoms with van der Waals surface area (Å²) in [6.45, 7) is 5.27. The first-order chi connectivity index (χ1) is 10.7. The Labute approximate surface area is 134 Å². The number of nitrogens with two attached hydrogens (primary N) is 1. The molecule has 1 heterocycles. The molecule has 2 aromatic rings. The van der Waals surface area contributed by atoms with E-state index >= 15 is 0 Å². The number of nitrogens with zero attached hydrogens (tertiary/aromatic N) is 2. The van der Waals surface area contributed by atoms with E-state index in [4.69, 9.17) is 10.2 Å². The van der Waals surface area contributed by atoms with Crippen molar-refractivity contribution < 1.29 is 17.6 Å². The molecule has 23 heavy (non-hydrogen) atoms. The van der Waals surface area contributed by atoms with Crippen LogP contribution in [0.25, 0.3) is 0 Å². The van der Waals surface area contributed by atoms with Crippen molar-refractivity contribution in [2.75, 3.05) is 11.1 Å². The van der Waals surface area contributed by atoms with Gasteiger partial charge in [-0.25, -0.2) is 8.42 Å². The highest BCUT2D eigenvalue weighted by Gasteiger charge is 2.26. The Balaban J connectivity index is 2.13. The van der Waals surface area contributed by atoms with Crippen LogP contribution in [0.3, 0.4) is 0 Å². The van der Waals surface area contributed by atoms with Crippen molar-refractivity contribution in [3.63, 3.8) is 0 Å². The predicted octanol–water partition coefficient (Wildman–Crippen LogP) is 1.12. The highest BCUT2D eigenvalue weighted by Crippen LogP contribution is 2.17. The molecule has 1 aromatic carbocycles. The second-order valence-corrected chi connectivity index (χ2v) is 7.19. The van der Waals surface area contributed by atoms with Crippen molar-refractivity contribution in [2.45, 2.75) is 32.0 Å². The van der Waals surface area contributed by atoms with Crippen molar-refractivity contribution in [1.82, 2.24) is 10.2 Å². The van der Waals surface area contributed by atoms with Crippen LogP contribution in [0.2, 0.25) is 0 Å². The molecule has 124 valence electrons. The number of aryl methyl sites for hydroxylation is 2. The Hall–Kier alpha value is -2.26. The second-order valence-electron chi connectivity index (χ2n) is 5.32. The number of amides is 1. The summed E-state index contributed by atoms with van der Waals surface area (Å²) >= 11 is 0. The molecule has 0 aliphatic rings. The average Bonchev–Trinajstić information content (AvgIpc) is 2.93. The topological polar surface area (TPSA) is 128 Å². The molecule has 9 heteroatoms. The van der Waals surface area contributed by atoms with Gasteiger partial charge in [0.25, 0.3) is 0 Å². The molecular formula is C14H18N4O4S. The van der Waals surface area contributed by atoms with Crippen LogP contribution in [0.5, 0.6) is 0 Å². The highest BCUT2D eigenvalue weighted by atomic mass is 32.2. The van der Waals surface area contributed by atoms with E-state index in [9.17, 15) is 13.2 Å². The molecule has 0 spiro atoms. The lowest BCUT2D eigenvalue weighted by Gasteiger charge is -2.08. The standard InChI is InChI=1S/C14H18N4O4S/c1-8-4-5-9(2)11(6-8)16-12(19)7-23(20,21)14-18-17-13(22-14)10(3)15/h4-6,10H,7,15H2,1-3H3,(H,16,19). The van der Waals surface area contributed by atoms with Gasteiger partial charge in [0, 0.05) is 5.69 Å². The minimum absolute atomic E-state index is 0.00138. The zero-order valence-corrected chi connectivity index (χ0v) is 13.8. The van der Waals surface area contributed by atoms with Crippen molar-refractivity contribution in [3.05, 3.63) is 35.2 Å². The first kappa shape index (κ1) is 17.1. The van der Waals surface area contributed by atoms with E-state index in [1.54, 1.807) is 13.0 Å². The maximum Gasteiger partial charge on any atom is 0.336 e. The Morgan fingerprint density at radius 2 is 2.04 bits per heavy atom. The lowest BCUT2D eigenvalue weighted by Crippen LogP contribution is -2.23. The molecule has 0 saturated heterocycles. The Bertz CT molecular complexity index is 827. The Morgan fingerprint density at radius 3 is 2.65 bits per heavy atom. The van der Waals surface area contributed by atoms with Gasteiger partial charge in [0.2, 0.25) is 21.6 Å². The minimum atomic E-state index is -4.02. The van der Waals surface area contributed by atoms with Gasteiger partial charge in [-0.05, 0) is 38.0 Å². The zero-order valence-electron chi connectivity index (χ0n) is 13.0. The van der Waals surface area contributed by atoms with Crippen LogP contribution in [0, 0.1) is 13.8 Å². The molecule has 2 rings (SSSR count). The fraction of sp³-hybridized carbons (Fsp3) is 0.357. The van der Waals surface area contributed by atoms with Crippen molar-refractivity contribution in [1.29, 1.82) is 0 Å². The molecule has 0 bridgehead atoms. The number of anilines is 1. The number of rotatable bonds is 5. The molecule has 0 aliphatic heterocycles. The fourth-order valence-corrected chi connectivity index (χ4v) is 2.74. The Kier molecular flexibility index (Phi) is 4.81. The van der Waals surface area contributed by atoms with Gasteiger partial charge in [0.05, 0.1) is 6.04 Å². The predicted molar refractivity (Wildman–Crippen MR) is 83.5 cm³/mol. The van der Waals surface area contributed by atoms with Crippen molar-refractivity contribution >= 4 is 21.4 Å². The van der Waals surface area contributed by atoms with Gasteiger partial charge in [-0.1, -0.05) is 17.2 Å². The molecule has 3 N–H and O–H groups in total. The van der Waals surface area contributed by atoms with E-state index in [1.807, 2.05) is 26.0 Å². The molecule has 0 aliphatic carbocycles. The van der Waals surface area contributed by atoms with Crippen LogP contribution in [0.1, 0.15) is 30.0 Å². The molecular weight excluding hydrogens is 320 g/mol. The van der Waals surface area contributed by atoms with Crippen LogP contribution in [-0.2, 0) is 14.6 Å². The molecule has 1 atom stereocenters. The van der Waals surface area contributed by atoms with E-state index in [2.05, 4.69) is 15.5 Å². The zero-order chi connectivity index (χ0) is 17.2. The first-order valence-corrected chi connectivity index (χ1v) is 8.53. The number of carbonyl (C=O) groups excluding carboxylic acids is 1. The van der Waals surface area contributed by atoms with Crippen LogP contribution in [0.4, 0.5) is 5.69 Å². The second kappa shape index (κ2) is 6.47. The van der Waals surface area contributed by atoms with Gasteiger partial charge in [0.1, 0.15) is 5.75 Å². The summed E-state index contributed by atoms with van der Waals surface area (Å²) in [6, 6.07) is 4.92. The molecule has 0 saturated carbocycles. The summed E-state index contributed by atoms with van der Waals surface area (Å²) in [5.41, 5.74) is 7.88. The summed E-state index contributed by atoms with van der Waals surface area (Å²) in [5.74, 6) is -1.47. The maximum atomic E-state index is 12.1.